The molecule has 1 amide bonds. The Morgan fingerprint density at radius 3 is 2.88 bits per heavy atom. The molecule has 0 bridgehead atoms. The number of anilines is 1. The van der Waals surface area contributed by atoms with Crippen LogP contribution in [0.4, 0.5) is 5.69 Å². The van der Waals surface area contributed by atoms with E-state index in [1.165, 1.54) is 4.90 Å². The maximum absolute atomic E-state index is 12.7. The van der Waals surface area contributed by atoms with Crippen LogP contribution in [0.25, 0.3) is 5.69 Å². The van der Waals surface area contributed by atoms with Crippen LogP contribution < -0.4 is 4.90 Å². The summed E-state index contributed by atoms with van der Waals surface area (Å²) >= 11 is 10.4. The highest BCUT2D eigenvalue weighted by Gasteiger charge is 2.24. The number of halogens is 1. The molecule has 0 saturated heterocycles. The van der Waals surface area contributed by atoms with Crippen LogP contribution in [0.5, 0.6) is 0 Å². The van der Waals surface area contributed by atoms with E-state index in [0.717, 1.165) is 5.69 Å². The highest BCUT2D eigenvalue weighted by atomic mass is 35.5. The SMILES string of the molecule is CCO/N=C(\CS)C(=O)N(CC)c1cn(-c2cccnc2)nc1Cl. The summed E-state index contributed by atoms with van der Waals surface area (Å²) in [7, 11) is 0. The molecule has 128 valence electrons. The van der Waals surface area contributed by atoms with Gasteiger partial charge in [-0.15, -0.1) is 0 Å². The van der Waals surface area contributed by atoms with E-state index in [1.807, 2.05) is 13.0 Å². The third-order valence-electron chi connectivity index (χ3n) is 3.11. The Balaban J connectivity index is 2.34. The lowest BCUT2D eigenvalue weighted by Crippen LogP contribution is -2.37. The molecule has 2 rings (SSSR count). The van der Waals surface area contributed by atoms with Gasteiger partial charge in [-0.2, -0.15) is 17.7 Å². The molecule has 0 radical (unpaired) electrons. The molecule has 2 aromatic rings. The van der Waals surface area contributed by atoms with Crippen molar-refractivity contribution in [2.24, 2.45) is 5.16 Å². The van der Waals surface area contributed by atoms with Gasteiger partial charge in [-0.05, 0) is 26.0 Å². The first-order chi connectivity index (χ1) is 11.6. The largest absolute Gasteiger partial charge is 0.396 e. The lowest BCUT2D eigenvalue weighted by atomic mass is 10.3. The summed E-state index contributed by atoms with van der Waals surface area (Å²) in [6.07, 6.45) is 5.00. The zero-order chi connectivity index (χ0) is 17.5. The summed E-state index contributed by atoms with van der Waals surface area (Å²) in [5.41, 5.74) is 1.43. The predicted molar refractivity (Wildman–Crippen MR) is 97.3 cm³/mol. The van der Waals surface area contributed by atoms with Crippen molar-refractivity contribution in [2.45, 2.75) is 13.8 Å². The minimum Gasteiger partial charge on any atom is -0.396 e. The number of aromatic nitrogens is 3. The van der Waals surface area contributed by atoms with Crippen LogP contribution in [-0.4, -0.2) is 45.3 Å². The Hall–Kier alpha value is -2.06. The fraction of sp³-hybridized carbons (Fsp3) is 0.333. The standard InChI is InChI=1S/C15H18ClN5O2S/c1-3-20(15(22)12(10-24)19-23-4-2)13-9-21(18-14(13)16)11-6-5-7-17-8-11/h5-9,24H,3-4,10H2,1-2H3/b19-12+. The number of carbonyl (C=O) groups is 1. The van der Waals surface area contributed by atoms with Crippen LogP contribution in [0.1, 0.15) is 13.8 Å². The van der Waals surface area contributed by atoms with E-state index in [1.54, 1.807) is 36.3 Å². The lowest BCUT2D eigenvalue weighted by Gasteiger charge is -2.19. The van der Waals surface area contributed by atoms with Crippen molar-refractivity contribution < 1.29 is 9.63 Å². The molecule has 7 nitrogen and oxygen atoms in total. The molecule has 9 heteroatoms. The van der Waals surface area contributed by atoms with Crippen molar-refractivity contribution in [3.8, 4) is 5.69 Å². The monoisotopic (exact) mass is 367 g/mol. The fourth-order valence-corrected chi connectivity index (χ4v) is 2.43. The molecule has 24 heavy (non-hydrogen) atoms. The van der Waals surface area contributed by atoms with Gasteiger partial charge in [0.2, 0.25) is 0 Å². The molecule has 0 aliphatic rings. The number of nitrogens with zero attached hydrogens (tertiary/aromatic N) is 5. The maximum Gasteiger partial charge on any atom is 0.277 e. The Bertz CT molecular complexity index is 720. The van der Waals surface area contributed by atoms with Crippen molar-refractivity contribution in [2.75, 3.05) is 23.8 Å². The first-order valence-electron chi connectivity index (χ1n) is 7.39. The first-order valence-corrected chi connectivity index (χ1v) is 8.40. The maximum atomic E-state index is 12.7. The number of oxime groups is 1. The van der Waals surface area contributed by atoms with Gasteiger partial charge in [0.25, 0.3) is 5.91 Å². The molecule has 0 N–H and O–H groups in total. The Labute approximate surface area is 150 Å². The zero-order valence-electron chi connectivity index (χ0n) is 13.4. The molecule has 0 aromatic carbocycles. The molecule has 0 atom stereocenters. The Morgan fingerprint density at radius 1 is 1.50 bits per heavy atom. The smallest absolute Gasteiger partial charge is 0.277 e. The molecule has 0 aliphatic carbocycles. The van der Waals surface area contributed by atoms with Crippen LogP contribution >= 0.6 is 24.2 Å². The molecule has 0 unspecified atom stereocenters. The van der Waals surface area contributed by atoms with Gasteiger partial charge in [-0.25, -0.2) is 4.68 Å². The number of amides is 1. The number of carbonyl (C=O) groups excluding carboxylic acids is 1. The topological polar surface area (TPSA) is 72.6 Å². The number of hydrogen-bond acceptors (Lipinski definition) is 6. The van der Waals surface area contributed by atoms with E-state index in [2.05, 4.69) is 27.9 Å². The van der Waals surface area contributed by atoms with E-state index in [4.69, 9.17) is 16.4 Å². The summed E-state index contributed by atoms with van der Waals surface area (Å²) < 4.78 is 1.57. The van der Waals surface area contributed by atoms with Gasteiger partial charge in [-0.1, -0.05) is 16.8 Å². The normalized spacial score (nSPS) is 11.4. The van der Waals surface area contributed by atoms with Crippen LogP contribution in [0, 0.1) is 0 Å². The van der Waals surface area contributed by atoms with Crippen LogP contribution in [-0.2, 0) is 9.63 Å². The third-order valence-corrected chi connectivity index (χ3v) is 3.68. The van der Waals surface area contributed by atoms with Gasteiger partial charge in [0.05, 0.1) is 18.1 Å². The van der Waals surface area contributed by atoms with Crippen molar-refractivity contribution in [3.63, 3.8) is 0 Å². The van der Waals surface area contributed by atoms with Gasteiger partial charge >= 0.3 is 0 Å². The lowest BCUT2D eigenvalue weighted by molar-refractivity contribution is -0.112. The summed E-state index contributed by atoms with van der Waals surface area (Å²) in [4.78, 5) is 23.2. The van der Waals surface area contributed by atoms with Crippen molar-refractivity contribution in [3.05, 3.63) is 35.9 Å². The van der Waals surface area contributed by atoms with Crippen molar-refractivity contribution in [1.82, 2.24) is 14.8 Å². The second-order valence-corrected chi connectivity index (χ2v) is 5.30. The minimum absolute atomic E-state index is 0.156. The first kappa shape index (κ1) is 18.3. The van der Waals surface area contributed by atoms with Gasteiger partial charge in [0, 0.05) is 18.5 Å². The number of rotatable bonds is 7. The summed E-state index contributed by atoms with van der Waals surface area (Å²) in [6.45, 7) is 4.40. The van der Waals surface area contributed by atoms with E-state index >= 15 is 0 Å². The highest BCUT2D eigenvalue weighted by Crippen LogP contribution is 2.26. The molecule has 2 heterocycles. The van der Waals surface area contributed by atoms with Crippen LogP contribution in [0.15, 0.2) is 35.9 Å². The van der Waals surface area contributed by atoms with Gasteiger partial charge in [0.1, 0.15) is 12.3 Å². The summed E-state index contributed by atoms with van der Waals surface area (Å²) in [5.74, 6) is -0.169. The third kappa shape index (κ3) is 4.07. The molecular weight excluding hydrogens is 350 g/mol. The fourth-order valence-electron chi connectivity index (χ4n) is 2.00. The predicted octanol–water partition coefficient (Wildman–Crippen LogP) is 2.60. The van der Waals surface area contributed by atoms with Gasteiger partial charge < -0.3 is 9.74 Å². The van der Waals surface area contributed by atoms with E-state index < -0.39 is 0 Å². The number of thiol groups is 1. The van der Waals surface area contributed by atoms with Crippen LogP contribution in [0.3, 0.4) is 0 Å². The quantitative estimate of drug-likeness (QED) is 0.464. The molecular formula is C15H18ClN5O2S. The van der Waals surface area contributed by atoms with E-state index in [0.29, 0.717) is 18.8 Å². The Kier molecular flexibility index (Phi) is 6.62. The second kappa shape index (κ2) is 8.70. The average molecular weight is 368 g/mol. The van der Waals surface area contributed by atoms with Crippen molar-refractivity contribution in [1.29, 1.82) is 0 Å². The minimum atomic E-state index is -0.325. The van der Waals surface area contributed by atoms with E-state index in [9.17, 15) is 4.79 Å². The van der Waals surface area contributed by atoms with E-state index in [-0.39, 0.29) is 22.5 Å². The molecule has 0 fully saturated rings. The van der Waals surface area contributed by atoms with Crippen LogP contribution in [0.2, 0.25) is 5.15 Å². The zero-order valence-corrected chi connectivity index (χ0v) is 15.0. The number of hydrogen-bond donors (Lipinski definition) is 1. The van der Waals surface area contributed by atoms with Crippen molar-refractivity contribution >= 4 is 41.5 Å². The van der Waals surface area contributed by atoms with Gasteiger partial charge in [-0.3, -0.25) is 9.78 Å². The summed E-state index contributed by atoms with van der Waals surface area (Å²) in [6, 6.07) is 3.63. The molecule has 2 aromatic heterocycles. The highest BCUT2D eigenvalue weighted by molar-refractivity contribution is 7.81. The molecule has 0 spiro atoms. The van der Waals surface area contributed by atoms with Gasteiger partial charge in [0.15, 0.2) is 10.9 Å². The molecule has 0 aliphatic heterocycles. The number of pyridine rings is 1. The Morgan fingerprint density at radius 2 is 2.29 bits per heavy atom. The average Bonchev–Trinajstić information content (AvgIpc) is 2.99. The molecule has 0 saturated carbocycles. The summed E-state index contributed by atoms with van der Waals surface area (Å²) in [5, 5.41) is 8.27. The second-order valence-electron chi connectivity index (χ2n) is 4.62.